The molecule has 0 saturated carbocycles. The number of hydrogen-bond donors (Lipinski definition) is 0. The van der Waals surface area contributed by atoms with Gasteiger partial charge in [0.25, 0.3) is 0 Å². The first kappa shape index (κ1) is 13.2. The van der Waals surface area contributed by atoms with Gasteiger partial charge in [0.05, 0.1) is 0 Å². The van der Waals surface area contributed by atoms with Gasteiger partial charge in [-0.25, -0.2) is 0 Å². The van der Waals surface area contributed by atoms with E-state index in [9.17, 15) is 0 Å². The Morgan fingerprint density at radius 2 is 1.32 bits per heavy atom. The molecule has 22 heavy (non-hydrogen) atoms. The normalized spacial score (nSPS) is 11.1. The molecule has 0 bridgehead atoms. The van der Waals surface area contributed by atoms with E-state index < -0.39 is 0 Å². The van der Waals surface area contributed by atoms with Crippen molar-refractivity contribution < 1.29 is 0 Å². The van der Waals surface area contributed by atoms with Crippen LogP contribution >= 0.6 is 0 Å². The molecule has 4 aromatic rings. The van der Waals surface area contributed by atoms with E-state index in [1.807, 2.05) is 0 Å². The smallest absolute Gasteiger partial charge is 0.0813 e. The van der Waals surface area contributed by atoms with Crippen molar-refractivity contribution in [3.63, 3.8) is 0 Å². The molecule has 0 atom stereocenters. The molecule has 0 aliphatic carbocycles. The van der Waals surface area contributed by atoms with Crippen molar-refractivity contribution in [3.05, 3.63) is 78.4 Å². The van der Waals surface area contributed by atoms with Crippen molar-refractivity contribution in [3.8, 4) is 11.1 Å². The average molecular weight is 278 g/mol. The van der Waals surface area contributed by atoms with Crippen LogP contribution < -0.4 is 5.46 Å². The monoisotopic (exact) mass is 278 g/mol. The van der Waals surface area contributed by atoms with E-state index in [0.717, 1.165) is 16.4 Å². The molecule has 2 radical (unpaired) electrons. The second-order valence-corrected chi connectivity index (χ2v) is 5.76. The lowest BCUT2D eigenvalue weighted by atomic mass is 9.81. The second-order valence-electron chi connectivity index (χ2n) is 5.76. The summed E-state index contributed by atoms with van der Waals surface area (Å²) in [4.78, 5) is 0. The SMILES string of the molecule is [B]c1c(-c2ccccc2C)ccc2cc3ccccc3cc12. The molecule has 0 aliphatic rings. The van der Waals surface area contributed by atoms with Crippen LogP contribution in [0.25, 0.3) is 32.7 Å². The van der Waals surface area contributed by atoms with Gasteiger partial charge >= 0.3 is 0 Å². The fraction of sp³-hybridized carbons (Fsp3) is 0.0476. The maximum atomic E-state index is 6.51. The summed E-state index contributed by atoms with van der Waals surface area (Å²) in [6.07, 6.45) is 0. The van der Waals surface area contributed by atoms with Crippen molar-refractivity contribution in [2.75, 3.05) is 0 Å². The second kappa shape index (κ2) is 5.03. The number of aryl methyl sites for hydroxylation is 1. The first-order chi connectivity index (χ1) is 10.7. The maximum Gasteiger partial charge on any atom is 0.115 e. The quantitative estimate of drug-likeness (QED) is 0.348. The van der Waals surface area contributed by atoms with Crippen LogP contribution in [0.1, 0.15) is 5.56 Å². The molecule has 1 heteroatoms. The van der Waals surface area contributed by atoms with Crippen molar-refractivity contribution in [1.82, 2.24) is 0 Å². The zero-order chi connectivity index (χ0) is 15.1. The third-order valence-corrected chi connectivity index (χ3v) is 4.36. The third-order valence-electron chi connectivity index (χ3n) is 4.36. The first-order valence-corrected chi connectivity index (χ1v) is 7.51. The molecule has 0 aliphatic heterocycles. The van der Waals surface area contributed by atoms with Crippen LogP contribution in [0, 0.1) is 6.92 Å². The third kappa shape index (κ3) is 2.02. The summed E-state index contributed by atoms with van der Waals surface area (Å²) in [5, 5.41) is 4.79. The van der Waals surface area contributed by atoms with Crippen LogP contribution in [0.15, 0.2) is 72.8 Å². The number of rotatable bonds is 1. The van der Waals surface area contributed by atoms with Crippen LogP contribution in [-0.2, 0) is 0 Å². The summed E-state index contributed by atoms with van der Waals surface area (Å²) in [7, 11) is 6.51. The first-order valence-electron chi connectivity index (χ1n) is 7.51. The summed E-state index contributed by atoms with van der Waals surface area (Å²) in [5.74, 6) is 0. The van der Waals surface area contributed by atoms with Gasteiger partial charge in [-0.15, -0.1) is 0 Å². The van der Waals surface area contributed by atoms with Crippen molar-refractivity contribution in [2.24, 2.45) is 0 Å². The molecule has 0 heterocycles. The highest BCUT2D eigenvalue weighted by Crippen LogP contribution is 2.27. The Bertz CT molecular complexity index is 999. The summed E-state index contributed by atoms with van der Waals surface area (Å²) in [6.45, 7) is 2.12. The molecule has 0 N–H and O–H groups in total. The van der Waals surface area contributed by atoms with Gasteiger partial charge in [0, 0.05) is 0 Å². The van der Waals surface area contributed by atoms with Crippen molar-refractivity contribution in [1.29, 1.82) is 0 Å². The molecule has 4 rings (SSSR count). The predicted octanol–water partition coefficient (Wildman–Crippen LogP) is 4.76. The predicted molar refractivity (Wildman–Crippen MR) is 97.0 cm³/mol. The van der Waals surface area contributed by atoms with Gasteiger partial charge in [0.1, 0.15) is 7.85 Å². The van der Waals surface area contributed by atoms with E-state index in [4.69, 9.17) is 7.85 Å². The Morgan fingerprint density at radius 1 is 0.636 bits per heavy atom. The Labute approximate surface area is 131 Å². The van der Waals surface area contributed by atoms with E-state index in [1.165, 1.54) is 27.3 Å². The minimum Gasteiger partial charge on any atom is -0.0813 e. The van der Waals surface area contributed by atoms with Gasteiger partial charge in [-0.2, -0.15) is 0 Å². The molecule has 0 aromatic heterocycles. The van der Waals surface area contributed by atoms with Crippen LogP contribution in [0.2, 0.25) is 0 Å². The zero-order valence-electron chi connectivity index (χ0n) is 12.5. The van der Waals surface area contributed by atoms with Gasteiger partial charge in [0.2, 0.25) is 0 Å². The summed E-state index contributed by atoms with van der Waals surface area (Å²) in [5.41, 5.74) is 4.42. The topological polar surface area (TPSA) is 0 Å². The number of benzene rings is 4. The van der Waals surface area contributed by atoms with E-state index in [1.54, 1.807) is 0 Å². The molecule has 0 nitrogen and oxygen atoms in total. The van der Waals surface area contributed by atoms with Gasteiger partial charge < -0.3 is 0 Å². The van der Waals surface area contributed by atoms with E-state index >= 15 is 0 Å². The Balaban J connectivity index is 2.05. The largest absolute Gasteiger partial charge is 0.115 e. The minimum atomic E-state index is 0.859. The Kier molecular flexibility index (Phi) is 3.01. The summed E-state index contributed by atoms with van der Waals surface area (Å²) in [6, 6.07) is 25.5. The van der Waals surface area contributed by atoms with Gasteiger partial charge in [-0.1, -0.05) is 66.1 Å². The maximum absolute atomic E-state index is 6.51. The van der Waals surface area contributed by atoms with Crippen LogP contribution in [0.5, 0.6) is 0 Å². The Morgan fingerprint density at radius 3 is 2.09 bits per heavy atom. The minimum absolute atomic E-state index is 0.859. The fourth-order valence-electron chi connectivity index (χ4n) is 3.15. The Hall–Kier alpha value is -2.54. The van der Waals surface area contributed by atoms with Gasteiger partial charge in [-0.3, -0.25) is 0 Å². The molecular weight excluding hydrogens is 263 g/mol. The van der Waals surface area contributed by atoms with Crippen LogP contribution in [0.3, 0.4) is 0 Å². The van der Waals surface area contributed by atoms with E-state index in [-0.39, 0.29) is 0 Å². The highest BCUT2D eigenvalue weighted by molar-refractivity contribution is 6.42. The summed E-state index contributed by atoms with van der Waals surface area (Å²) < 4.78 is 0. The summed E-state index contributed by atoms with van der Waals surface area (Å²) >= 11 is 0. The average Bonchev–Trinajstić information content (AvgIpc) is 2.55. The molecule has 0 unspecified atom stereocenters. The highest BCUT2D eigenvalue weighted by Gasteiger charge is 2.08. The number of hydrogen-bond acceptors (Lipinski definition) is 0. The molecule has 0 spiro atoms. The molecular formula is C21H15B. The molecule has 4 aromatic carbocycles. The van der Waals surface area contributed by atoms with Gasteiger partial charge in [-0.05, 0) is 57.3 Å². The van der Waals surface area contributed by atoms with Crippen molar-refractivity contribution in [2.45, 2.75) is 6.92 Å². The lowest BCUT2D eigenvalue weighted by Crippen LogP contribution is -2.09. The highest BCUT2D eigenvalue weighted by atomic mass is 14.1. The number of fused-ring (bicyclic) bond motifs is 2. The standard InChI is InChI=1S/C21H15B/c1-14-6-2-5-9-18(14)19-11-10-17-12-15-7-3-4-8-16(15)13-20(17)21(19)22/h2-13H,1H3. The van der Waals surface area contributed by atoms with E-state index in [2.05, 4.69) is 79.7 Å². The van der Waals surface area contributed by atoms with Crippen LogP contribution in [-0.4, -0.2) is 7.85 Å². The zero-order valence-corrected chi connectivity index (χ0v) is 12.5. The van der Waals surface area contributed by atoms with Crippen LogP contribution in [0.4, 0.5) is 0 Å². The molecule has 0 amide bonds. The lowest BCUT2D eigenvalue weighted by molar-refractivity contribution is 1.47. The molecule has 102 valence electrons. The fourth-order valence-corrected chi connectivity index (χ4v) is 3.15. The molecule has 0 fully saturated rings. The van der Waals surface area contributed by atoms with Crippen molar-refractivity contribution >= 4 is 34.9 Å². The van der Waals surface area contributed by atoms with E-state index in [0.29, 0.717) is 0 Å². The lowest BCUT2D eigenvalue weighted by Gasteiger charge is -2.13. The van der Waals surface area contributed by atoms with Gasteiger partial charge in [0.15, 0.2) is 0 Å². The molecule has 0 saturated heterocycles.